The third-order valence-electron chi connectivity index (χ3n) is 3.88. The molecule has 0 radical (unpaired) electrons. The summed E-state index contributed by atoms with van der Waals surface area (Å²) in [6.07, 6.45) is 0.957. The number of carboxylic acid groups (broad SMARTS) is 1. The molecule has 0 heterocycles. The van der Waals surface area contributed by atoms with Gasteiger partial charge in [-0.25, -0.2) is 4.79 Å². The van der Waals surface area contributed by atoms with Crippen molar-refractivity contribution in [3.05, 3.63) is 0 Å². The van der Waals surface area contributed by atoms with Crippen molar-refractivity contribution in [2.24, 2.45) is 28.1 Å². The molecule has 0 saturated heterocycles. The number of rotatable bonds is 14. The van der Waals surface area contributed by atoms with E-state index < -0.39 is 41.8 Å². The molecular weight excluding hydrogens is 414 g/mol. The third-order valence-corrected chi connectivity index (χ3v) is 4.24. The molecule has 0 aromatic rings. The predicted molar refractivity (Wildman–Crippen MR) is 116 cm³/mol. The summed E-state index contributed by atoms with van der Waals surface area (Å²) in [5.74, 6) is -3.07. The molecule has 172 valence electrons. The number of amides is 3. The fourth-order valence-corrected chi connectivity index (χ4v) is 2.64. The Morgan fingerprint density at radius 1 is 1.07 bits per heavy atom. The number of aliphatic carboxylic acids is 1. The molecule has 0 aromatic carbocycles. The predicted octanol–water partition coefficient (Wildman–Crippen LogP) is -2.49. The van der Waals surface area contributed by atoms with Gasteiger partial charge in [0.2, 0.25) is 17.7 Å². The molecule has 10 N–H and O–H groups in total. The fraction of sp³-hybridized carbons (Fsp3) is 0.706. The Morgan fingerprint density at radius 3 is 2.20 bits per heavy atom. The monoisotopic (exact) mass is 447 g/mol. The standard InChI is InChI=1S/C17H33N7O5S/c1-9(2)6-10(18)14(26)22-7-13(25)23-11(4-3-5-21-17(19)20)15(27)24-12(8-30)16(28)29/h9-12,30H,3-8,18H2,1-2H3,(H,22,26)(H,23,25)(H,24,27)(H,28,29)(H4,19,20,21). The van der Waals surface area contributed by atoms with Gasteiger partial charge in [-0.2, -0.15) is 12.6 Å². The van der Waals surface area contributed by atoms with Crippen LogP contribution in [-0.4, -0.2) is 71.7 Å². The van der Waals surface area contributed by atoms with Crippen LogP contribution in [0.3, 0.4) is 0 Å². The van der Waals surface area contributed by atoms with Crippen molar-refractivity contribution in [2.45, 2.75) is 51.2 Å². The highest BCUT2D eigenvalue weighted by Crippen LogP contribution is 2.03. The minimum atomic E-state index is -1.25. The summed E-state index contributed by atoms with van der Waals surface area (Å²) in [6, 6.07) is -3.01. The number of carboxylic acids is 1. The average molecular weight is 448 g/mol. The molecule has 3 amide bonds. The second kappa shape index (κ2) is 14.4. The summed E-state index contributed by atoms with van der Waals surface area (Å²) in [4.78, 5) is 51.5. The average Bonchev–Trinajstić information content (AvgIpc) is 2.65. The van der Waals surface area contributed by atoms with Gasteiger partial charge in [-0.1, -0.05) is 13.8 Å². The van der Waals surface area contributed by atoms with Crippen LogP contribution >= 0.6 is 12.6 Å². The van der Waals surface area contributed by atoms with Gasteiger partial charge < -0.3 is 38.3 Å². The highest BCUT2D eigenvalue weighted by molar-refractivity contribution is 7.80. The number of nitrogens with zero attached hydrogens (tertiary/aromatic N) is 1. The lowest BCUT2D eigenvalue weighted by molar-refractivity contribution is -0.141. The second-order valence-electron chi connectivity index (χ2n) is 7.10. The zero-order chi connectivity index (χ0) is 23.3. The number of thiol groups is 1. The molecule has 0 rings (SSSR count). The van der Waals surface area contributed by atoms with E-state index >= 15 is 0 Å². The lowest BCUT2D eigenvalue weighted by Gasteiger charge is -2.21. The summed E-state index contributed by atoms with van der Waals surface area (Å²) in [5.41, 5.74) is 16.2. The maximum absolute atomic E-state index is 12.4. The van der Waals surface area contributed by atoms with Gasteiger partial charge in [0.25, 0.3) is 0 Å². The number of hydrogen-bond acceptors (Lipinski definition) is 7. The topological polar surface area (TPSA) is 215 Å². The van der Waals surface area contributed by atoms with E-state index in [2.05, 4.69) is 33.6 Å². The Kier molecular flexibility index (Phi) is 13.2. The smallest absolute Gasteiger partial charge is 0.327 e. The third kappa shape index (κ3) is 12.1. The van der Waals surface area contributed by atoms with Gasteiger partial charge in [0.15, 0.2) is 5.96 Å². The molecule has 0 aliphatic heterocycles. The molecule has 30 heavy (non-hydrogen) atoms. The lowest BCUT2D eigenvalue weighted by atomic mass is 10.0. The van der Waals surface area contributed by atoms with Gasteiger partial charge >= 0.3 is 5.97 Å². The zero-order valence-corrected chi connectivity index (χ0v) is 18.2. The van der Waals surface area contributed by atoms with Crippen LogP contribution in [0.2, 0.25) is 0 Å². The molecule has 0 aliphatic rings. The van der Waals surface area contributed by atoms with Crippen molar-refractivity contribution in [1.29, 1.82) is 0 Å². The maximum Gasteiger partial charge on any atom is 0.327 e. The molecule has 0 aliphatic carbocycles. The van der Waals surface area contributed by atoms with Gasteiger partial charge in [-0.05, 0) is 25.2 Å². The van der Waals surface area contributed by atoms with Crippen LogP contribution in [0.1, 0.15) is 33.1 Å². The van der Waals surface area contributed by atoms with Crippen molar-refractivity contribution < 1.29 is 24.3 Å². The van der Waals surface area contributed by atoms with Crippen LogP contribution in [0.25, 0.3) is 0 Å². The van der Waals surface area contributed by atoms with Crippen LogP contribution in [0.15, 0.2) is 4.99 Å². The van der Waals surface area contributed by atoms with Crippen LogP contribution in [-0.2, 0) is 19.2 Å². The van der Waals surface area contributed by atoms with E-state index in [-0.39, 0.29) is 37.1 Å². The first kappa shape index (κ1) is 27.5. The maximum atomic E-state index is 12.4. The van der Waals surface area contributed by atoms with Crippen molar-refractivity contribution in [1.82, 2.24) is 16.0 Å². The molecule has 0 aromatic heterocycles. The summed E-state index contributed by atoms with van der Waals surface area (Å²) >= 11 is 3.89. The summed E-state index contributed by atoms with van der Waals surface area (Å²) < 4.78 is 0. The number of nitrogens with one attached hydrogen (secondary N) is 3. The minimum absolute atomic E-state index is 0.110. The minimum Gasteiger partial charge on any atom is -0.480 e. The Bertz CT molecular complexity index is 626. The molecule has 13 heteroatoms. The zero-order valence-electron chi connectivity index (χ0n) is 17.3. The Balaban J connectivity index is 4.89. The van der Waals surface area contributed by atoms with Crippen LogP contribution in [0.4, 0.5) is 0 Å². The van der Waals surface area contributed by atoms with Gasteiger partial charge in [-0.15, -0.1) is 0 Å². The highest BCUT2D eigenvalue weighted by atomic mass is 32.1. The molecule has 12 nitrogen and oxygen atoms in total. The first-order valence-corrected chi connectivity index (χ1v) is 10.1. The van der Waals surface area contributed by atoms with Crippen molar-refractivity contribution >= 4 is 42.3 Å². The Hall–Kier alpha value is -2.54. The lowest BCUT2D eigenvalue weighted by Crippen LogP contribution is -2.54. The van der Waals surface area contributed by atoms with E-state index in [1.165, 1.54) is 0 Å². The fourth-order valence-electron chi connectivity index (χ4n) is 2.39. The van der Waals surface area contributed by atoms with E-state index in [0.717, 1.165) is 0 Å². The number of carbonyl (C=O) groups is 4. The first-order valence-electron chi connectivity index (χ1n) is 9.50. The van der Waals surface area contributed by atoms with E-state index in [1.807, 2.05) is 13.8 Å². The molecule has 0 spiro atoms. The number of nitrogens with two attached hydrogens (primary N) is 3. The van der Waals surface area contributed by atoms with Crippen molar-refractivity contribution in [2.75, 3.05) is 18.8 Å². The van der Waals surface area contributed by atoms with Crippen LogP contribution in [0, 0.1) is 5.92 Å². The van der Waals surface area contributed by atoms with Gasteiger partial charge in [0.05, 0.1) is 12.6 Å². The SMILES string of the molecule is CC(C)CC(N)C(=O)NCC(=O)NC(CCCN=C(N)N)C(=O)NC(CS)C(=O)O. The van der Waals surface area contributed by atoms with Gasteiger partial charge in [-0.3, -0.25) is 19.4 Å². The summed E-state index contributed by atoms with van der Waals surface area (Å²) in [5, 5.41) is 16.3. The van der Waals surface area contributed by atoms with Crippen LogP contribution in [0.5, 0.6) is 0 Å². The van der Waals surface area contributed by atoms with E-state index in [4.69, 9.17) is 22.3 Å². The number of aliphatic imine (C=N–C) groups is 1. The number of guanidine groups is 1. The molecule has 0 saturated carbocycles. The van der Waals surface area contributed by atoms with Gasteiger partial charge in [0.1, 0.15) is 12.1 Å². The first-order chi connectivity index (χ1) is 14.0. The number of hydrogen-bond donors (Lipinski definition) is 8. The molecule has 0 bridgehead atoms. The molecular formula is C17H33N7O5S. The number of carbonyl (C=O) groups excluding carboxylic acids is 3. The van der Waals surface area contributed by atoms with E-state index in [1.54, 1.807) is 0 Å². The van der Waals surface area contributed by atoms with Gasteiger partial charge in [0, 0.05) is 12.3 Å². The quantitative estimate of drug-likeness (QED) is 0.0615. The summed E-state index contributed by atoms with van der Waals surface area (Å²) in [6.45, 7) is 3.68. The summed E-state index contributed by atoms with van der Waals surface area (Å²) in [7, 11) is 0. The molecule has 3 atom stereocenters. The highest BCUT2D eigenvalue weighted by Gasteiger charge is 2.26. The Morgan fingerprint density at radius 2 is 1.70 bits per heavy atom. The van der Waals surface area contributed by atoms with E-state index in [0.29, 0.717) is 12.8 Å². The van der Waals surface area contributed by atoms with Crippen molar-refractivity contribution in [3.63, 3.8) is 0 Å². The molecule has 0 fully saturated rings. The largest absolute Gasteiger partial charge is 0.480 e. The van der Waals surface area contributed by atoms with Crippen LogP contribution < -0.4 is 33.2 Å². The normalized spacial score (nSPS) is 13.6. The van der Waals surface area contributed by atoms with Crippen molar-refractivity contribution in [3.8, 4) is 0 Å². The Labute approximate surface area is 181 Å². The molecule has 3 unspecified atom stereocenters. The second-order valence-corrected chi connectivity index (χ2v) is 7.47. The van der Waals surface area contributed by atoms with E-state index in [9.17, 15) is 19.2 Å².